The van der Waals surface area contributed by atoms with Crippen LogP contribution >= 0.6 is 0 Å². The summed E-state index contributed by atoms with van der Waals surface area (Å²) < 4.78 is 0. The molecule has 1 atom stereocenters. The van der Waals surface area contributed by atoms with Crippen molar-refractivity contribution in [2.75, 3.05) is 19.6 Å². The van der Waals surface area contributed by atoms with Crippen LogP contribution in [-0.2, 0) is 11.2 Å². The van der Waals surface area contributed by atoms with Crippen LogP contribution in [0, 0.1) is 0 Å². The van der Waals surface area contributed by atoms with Gasteiger partial charge in [0.1, 0.15) is 0 Å². The summed E-state index contributed by atoms with van der Waals surface area (Å²) in [5.74, 6) is 0.625. The molecule has 2 aliphatic rings. The minimum Gasteiger partial charge on any atom is -0.361 e. The van der Waals surface area contributed by atoms with Gasteiger partial charge in [-0.05, 0) is 49.1 Å². The standard InChI is InChI=1S/C22H30N4O2/c1-2-15-4-3-5-18-19(14-24-21(15)18)16-9-12-26(13-10-16)22(28)23-11-8-17-6-7-20(27)25-17/h3-5,14,16-17,24H,2,6-13H2,1H3,(H,23,28)(H,25,27). The van der Waals surface area contributed by atoms with Crippen molar-refractivity contribution in [3.63, 3.8) is 0 Å². The van der Waals surface area contributed by atoms with Gasteiger partial charge in [0.2, 0.25) is 5.91 Å². The summed E-state index contributed by atoms with van der Waals surface area (Å²) >= 11 is 0. The SMILES string of the molecule is CCc1cccc2c(C3CCN(C(=O)NCCC4CCC(=O)N4)CC3)c[nH]c12. The zero-order valence-corrected chi connectivity index (χ0v) is 16.6. The Morgan fingerprint density at radius 2 is 2.07 bits per heavy atom. The highest BCUT2D eigenvalue weighted by atomic mass is 16.2. The molecule has 6 heteroatoms. The van der Waals surface area contributed by atoms with Crippen LogP contribution in [0.25, 0.3) is 10.9 Å². The molecule has 0 saturated carbocycles. The fourth-order valence-corrected chi connectivity index (χ4v) is 4.62. The number of para-hydroxylation sites is 1. The number of carbonyl (C=O) groups excluding carboxylic acids is 2. The number of urea groups is 1. The van der Waals surface area contributed by atoms with Crippen molar-refractivity contribution in [1.82, 2.24) is 20.5 Å². The number of hydrogen-bond donors (Lipinski definition) is 3. The average Bonchev–Trinajstić information content (AvgIpc) is 3.34. The van der Waals surface area contributed by atoms with E-state index in [-0.39, 0.29) is 18.0 Å². The second-order valence-corrected chi connectivity index (χ2v) is 8.02. The minimum absolute atomic E-state index is 0.0231. The van der Waals surface area contributed by atoms with E-state index in [1.54, 1.807) is 0 Å². The van der Waals surface area contributed by atoms with Gasteiger partial charge in [-0.2, -0.15) is 0 Å². The third-order valence-electron chi connectivity index (χ3n) is 6.29. The quantitative estimate of drug-likeness (QED) is 0.742. The topological polar surface area (TPSA) is 77.2 Å². The molecule has 4 rings (SSSR count). The summed E-state index contributed by atoms with van der Waals surface area (Å²) in [5, 5.41) is 7.30. The Labute approximate surface area is 166 Å². The molecule has 3 amide bonds. The normalized spacial score (nSPS) is 20.5. The van der Waals surface area contributed by atoms with Crippen molar-refractivity contribution in [3.8, 4) is 0 Å². The third kappa shape index (κ3) is 3.86. The highest BCUT2D eigenvalue weighted by Crippen LogP contribution is 2.34. The van der Waals surface area contributed by atoms with E-state index in [9.17, 15) is 9.59 Å². The van der Waals surface area contributed by atoms with Crippen molar-refractivity contribution in [2.24, 2.45) is 0 Å². The van der Waals surface area contributed by atoms with Crippen LogP contribution in [0.5, 0.6) is 0 Å². The van der Waals surface area contributed by atoms with Gasteiger partial charge in [0.25, 0.3) is 0 Å². The summed E-state index contributed by atoms with van der Waals surface area (Å²) in [5.41, 5.74) is 4.01. The maximum absolute atomic E-state index is 12.4. The summed E-state index contributed by atoms with van der Waals surface area (Å²) in [6.45, 7) is 4.38. The van der Waals surface area contributed by atoms with Gasteiger partial charge < -0.3 is 20.5 Å². The van der Waals surface area contributed by atoms with Gasteiger partial charge in [0, 0.05) is 49.2 Å². The highest BCUT2D eigenvalue weighted by molar-refractivity contribution is 5.86. The molecule has 1 aromatic carbocycles. The molecule has 2 fully saturated rings. The third-order valence-corrected chi connectivity index (χ3v) is 6.29. The van der Waals surface area contributed by atoms with E-state index in [1.165, 1.54) is 22.0 Å². The predicted octanol–water partition coefficient (Wildman–Crippen LogP) is 3.29. The maximum Gasteiger partial charge on any atom is 0.317 e. The molecule has 0 spiro atoms. The molecular weight excluding hydrogens is 352 g/mol. The zero-order valence-electron chi connectivity index (χ0n) is 16.6. The van der Waals surface area contributed by atoms with Crippen molar-refractivity contribution < 1.29 is 9.59 Å². The van der Waals surface area contributed by atoms with E-state index in [0.717, 1.165) is 45.2 Å². The van der Waals surface area contributed by atoms with Gasteiger partial charge in [0.05, 0.1) is 0 Å². The Hall–Kier alpha value is -2.50. The molecule has 0 radical (unpaired) electrons. The first-order chi connectivity index (χ1) is 13.7. The largest absolute Gasteiger partial charge is 0.361 e. The van der Waals surface area contributed by atoms with E-state index in [0.29, 0.717) is 18.9 Å². The molecule has 2 aliphatic heterocycles. The number of benzene rings is 1. The van der Waals surface area contributed by atoms with Crippen molar-refractivity contribution in [1.29, 1.82) is 0 Å². The van der Waals surface area contributed by atoms with Crippen molar-refractivity contribution in [3.05, 3.63) is 35.5 Å². The molecule has 0 aliphatic carbocycles. The van der Waals surface area contributed by atoms with E-state index in [4.69, 9.17) is 0 Å². The first-order valence-corrected chi connectivity index (χ1v) is 10.6. The van der Waals surface area contributed by atoms with Crippen LogP contribution in [0.2, 0.25) is 0 Å². The Morgan fingerprint density at radius 3 is 2.79 bits per heavy atom. The summed E-state index contributed by atoms with van der Waals surface area (Å²) in [6.07, 6.45) is 7.48. The second-order valence-electron chi connectivity index (χ2n) is 8.02. The number of piperidine rings is 1. The minimum atomic E-state index is 0.0231. The van der Waals surface area contributed by atoms with Gasteiger partial charge in [-0.3, -0.25) is 4.79 Å². The van der Waals surface area contributed by atoms with Crippen LogP contribution < -0.4 is 10.6 Å². The van der Waals surface area contributed by atoms with Crippen LogP contribution in [0.4, 0.5) is 4.79 Å². The number of rotatable bonds is 5. The van der Waals surface area contributed by atoms with Gasteiger partial charge in [-0.25, -0.2) is 4.79 Å². The van der Waals surface area contributed by atoms with E-state index < -0.39 is 0 Å². The molecule has 3 heterocycles. The number of aromatic nitrogens is 1. The molecule has 1 unspecified atom stereocenters. The Bertz CT molecular complexity index is 851. The monoisotopic (exact) mass is 382 g/mol. The molecule has 0 bridgehead atoms. The van der Waals surface area contributed by atoms with Gasteiger partial charge in [0.15, 0.2) is 0 Å². The van der Waals surface area contributed by atoms with E-state index >= 15 is 0 Å². The summed E-state index contributed by atoms with van der Waals surface area (Å²) in [7, 11) is 0. The number of fused-ring (bicyclic) bond motifs is 1. The number of nitrogens with one attached hydrogen (secondary N) is 3. The number of aryl methyl sites for hydroxylation is 1. The fraction of sp³-hybridized carbons (Fsp3) is 0.545. The number of nitrogens with zero attached hydrogens (tertiary/aromatic N) is 1. The van der Waals surface area contributed by atoms with Crippen molar-refractivity contribution in [2.45, 2.75) is 57.4 Å². The van der Waals surface area contributed by atoms with Crippen LogP contribution in [0.1, 0.15) is 56.1 Å². The lowest BCUT2D eigenvalue weighted by Crippen LogP contribution is -2.45. The highest BCUT2D eigenvalue weighted by Gasteiger charge is 2.26. The smallest absolute Gasteiger partial charge is 0.317 e. The zero-order chi connectivity index (χ0) is 19.5. The first-order valence-electron chi connectivity index (χ1n) is 10.6. The average molecular weight is 383 g/mol. The Kier molecular flexibility index (Phi) is 5.55. The number of hydrogen-bond acceptors (Lipinski definition) is 2. The lowest BCUT2D eigenvalue weighted by Gasteiger charge is -2.32. The molecule has 3 N–H and O–H groups in total. The maximum atomic E-state index is 12.4. The lowest BCUT2D eigenvalue weighted by atomic mass is 9.89. The number of amides is 3. The number of H-pyrrole nitrogens is 1. The molecule has 150 valence electrons. The van der Waals surface area contributed by atoms with Crippen LogP contribution in [0.3, 0.4) is 0 Å². The summed E-state index contributed by atoms with van der Waals surface area (Å²) in [6, 6.07) is 6.78. The number of likely N-dealkylation sites (tertiary alicyclic amines) is 1. The Morgan fingerprint density at radius 1 is 1.25 bits per heavy atom. The van der Waals surface area contributed by atoms with Crippen LogP contribution in [-0.4, -0.2) is 47.5 Å². The second kappa shape index (κ2) is 8.25. The van der Waals surface area contributed by atoms with E-state index in [1.807, 2.05) is 4.90 Å². The molecule has 2 saturated heterocycles. The van der Waals surface area contributed by atoms with Crippen LogP contribution in [0.15, 0.2) is 24.4 Å². The molecule has 2 aromatic rings. The van der Waals surface area contributed by atoms with Crippen molar-refractivity contribution >= 4 is 22.8 Å². The van der Waals surface area contributed by atoms with Gasteiger partial charge in [-0.15, -0.1) is 0 Å². The van der Waals surface area contributed by atoms with Gasteiger partial charge in [-0.1, -0.05) is 25.1 Å². The Balaban J connectivity index is 1.28. The predicted molar refractivity (Wildman–Crippen MR) is 110 cm³/mol. The first kappa shape index (κ1) is 18.8. The fourth-order valence-electron chi connectivity index (χ4n) is 4.62. The summed E-state index contributed by atoms with van der Waals surface area (Å²) in [4.78, 5) is 29.1. The number of carbonyl (C=O) groups is 2. The molecule has 6 nitrogen and oxygen atoms in total. The number of aromatic amines is 1. The molecular formula is C22H30N4O2. The molecule has 28 heavy (non-hydrogen) atoms. The van der Waals surface area contributed by atoms with E-state index in [2.05, 4.69) is 46.9 Å². The lowest BCUT2D eigenvalue weighted by molar-refractivity contribution is -0.119. The molecule has 1 aromatic heterocycles. The van der Waals surface area contributed by atoms with Gasteiger partial charge >= 0.3 is 6.03 Å².